The average molecular weight is 304 g/mol. The van der Waals surface area contributed by atoms with Gasteiger partial charge in [0.05, 0.1) is 0 Å². The van der Waals surface area contributed by atoms with Gasteiger partial charge in [-0.1, -0.05) is 0 Å². The van der Waals surface area contributed by atoms with E-state index < -0.39 is 10.2 Å². The Morgan fingerprint density at radius 2 is 1.85 bits per heavy atom. The highest BCUT2D eigenvalue weighted by Gasteiger charge is 2.33. The van der Waals surface area contributed by atoms with Crippen molar-refractivity contribution >= 4 is 10.2 Å². The first-order chi connectivity index (χ1) is 9.45. The fraction of sp³-hybridized carbons (Fsp3) is 1.00. The van der Waals surface area contributed by atoms with E-state index in [9.17, 15) is 8.42 Å². The number of piperidine rings is 1. The molecule has 0 aliphatic carbocycles. The molecular weight excluding hydrogens is 276 g/mol. The summed E-state index contributed by atoms with van der Waals surface area (Å²) in [5.41, 5.74) is 5.66. The fourth-order valence-electron chi connectivity index (χ4n) is 3.17. The number of likely N-dealkylation sites (N-methyl/N-ethyl adjacent to an activating group) is 2. The van der Waals surface area contributed by atoms with Crippen molar-refractivity contribution < 1.29 is 8.42 Å². The molecule has 2 saturated heterocycles. The van der Waals surface area contributed by atoms with Gasteiger partial charge in [0, 0.05) is 32.7 Å². The number of nitrogens with zero attached hydrogens (tertiary/aromatic N) is 3. The molecule has 0 aromatic carbocycles. The van der Waals surface area contributed by atoms with Crippen LogP contribution in [0.1, 0.15) is 25.7 Å². The topological polar surface area (TPSA) is 69.9 Å². The summed E-state index contributed by atoms with van der Waals surface area (Å²) in [6, 6.07) is 0.358. The number of rotatable bonds is 5. The maximum absolute atomic E-state index is 12.6. The summed E-state index contributed by atoms with van der Waals surface area (Å²) in [4.78, 5) is 2.26. The van der Waals surface area contributed by atoms with Gasteiger partial charge in [0.15, 0.2) is 0 Å². The van der Waals surface area contributed by atoms with Crippen LogP contribution in [0.3, 0.4) is 0 Å². The van der Waals surface area contributed by atoms with Crippen LogP contribution in [0.25, 0.3) is 0 Å². The van der Waals surface area contributed by atoms with Crippen molar-refractivity contribution in [1.82, 2.24) is 13.5 Å². The van der Waals surface area contributed by atoms with Crippen LogP contribution in [0.4, 0.5) is 0 Å². The predicted octanol–water partition coefficient (Wildman–Crippen LogP) is -0.0721. The third kappa shape index (κ3) is 3.51. The Bertz CT molecular complexity index is 407. The summed E-state index contributed by atoms with van der Waals surface area (Å²) in [5.74, 6) is 0.479. The molecule has 0 saturated carbocycles. The van der Waals surface area contributed by atoms with E-state index in [4.69, 9.17) is 5.73 Å². The van der Waals surface area contributed by atoms with Crippen molar-refractivity contribution in [2.45, 2.75) is 31.7 Å². The van der Waals surface area contributed by atoms with Gasteiger partial charge in [-0.05, 0) is 51.7 Å². The van der Waals surface area contributed by atoms with E-state index in [2.05, 4.69) is 11.9 Å². The molecule has 6 nitrogen and oxygen atoms in total. The average Bonchev–Trinajstić information content (AvgIpc) is 2.84. The maximum Gasteiger partial charge on any atom is 0.281 e. The van der Waals surface area contributed by atoms with E-state index in [1.807, 2.05) is 0 Å². The van der Waals surface area contributed by atoms with Crippen LogP contribution in [0.15, 0.2) is 0 Å². The lowest BCUT2D eigenvalue weighted by Crippen LogP contribution is -2.49. The van der Waals surface area contributed by atoms with E-state index in [0.29, 0.717) is 38.1 Å². The van der Waals surface area contributed by atoms with E-state index in [-0.39, 0.29) is 0 Å². The smallest absolute Gasteiger partial charge is 0.281 e. The molecule has 0 aromatic rings. The first-order valence-electron chi connectivity index (χ1n) is 7.57. The Balaban J connectivity index is 1.92. The summed E-state index contributed by atoms with van der Waals surface area (Å²) in [7, 11) is 0.474. The van der Waals surface area contributed by atoms with Crippen LogP contribution in [-0.2, 0) is 10.2 Å². The molecule has 0 aromatic heterocycles. The molecule has 0 radical (unpaired) electrons. The molecule has 2 fully saturated rings. The van der Waals surface area contributed by atoms with Gasteiger partial charge in [0.25, 0.3) is 10.2 Å². The van der Waals surface area contributed by atoms with E-state index in [0.717, 1.165) is 32.2 Å². The van der Waals surface area contributed by atoms with Gasteiger partial charge in [-0.25, -0.2) is 0 Å². The van der Waals surface area contributed by atoms with E-state index >= 15 is 0 Å². The van der Waals surface area contributed by atoms with Gasteiger partial charge in [-0.15, -0.1) is 0 Å². The standard InChI is InChI=1S/C13H28N4O2S/c1-15-7-3-4-13(15)11-16(2)20(18,19)17-8-5-12(10-14)6-9-17/h12-13H,3-11,14H2,1-2H3. The van der Waals surface area contributed by atoms with Crippen LogP contribution in [-0.4, -0.2) is 74.8 Å². The van der Waals surface area contributed by atoms with Crippen molar-refractivity contribution in [1.29, 1.82) is 0 Å². The quantitative estimate of drug-likeness (QED) is 0.772. The van der Waals surface area contributed by atoms with Crippen molar-refractivity contribution in [3.05, 3.63) is 0 Å². The predicted molar refractivity (Wildman–Crippen MR) is 80.6 cm³/mol. The Morgan fingerprint density at radius 3 is 2.35 bits per heavy atom. The SMILES string of the molecule is CN1CCCC1CN(C)S(=O)(=O)N1CCC(CN)CC1. The molecule has 1 unspecified atom stereocenters. The molecule has 118 valence electrons. The highest BCUT2D eigenvalue weighted by Crippen LogP contribution is 2.22. The molecule has 7 heteroatoms. The molecule has 2 aliphatic rings. The fourth-order valence-corrected chi connectivity index (χ4v) is 4.60. The summed E-state index contributed by atoms with van der Waals surface area (Å²) >= 11 is 0. The zero-order valence-corrected chi connectivity index (χ0v) is 13.5. The van der Waals surface area contributed by atoms with Gasteiger partial charge in [0.1, 0.15) is 0 Å². The second-order valence-corrected chi connectivity index (χ2v) is 8.18. The second-order valence-electron chi connectivity index (χ2n) is 6.14. The van der Waals surface area contributed by atoms with Gasteiger partial charge in [-0.3, -0.25) is 0 Å². The largest absolute Gasteiger partial charge is 0.330 e. The van der Waals surface area contributed by atoms with Crippen molar-refractivity contribution in [3.63, 3.8) is 0 Å². The van der Waals surface area contributed by atoms with Crippen LogP contribution in [0.2, 0.25) is 0 Å². The Kier molecular flexibility index (Phi) is 5.42. The monoisotopic (exact) mass is 304 g/mol. The molecule has 0 bridgehead atoms. The maximum atomic E-state index is 12.6. The third-order valence-electron chi connectivity index (χ3n) is 4.77. The van der Waals surface area contributed by atoms with Gasteiger partial charge >= 0.3 is 0 Å². The lowest BCUT2D eigenvalue weighted by Gasteiger charge is -2.34. The summed E-state index contributed by atoms with van der Waals surface area (Å²) in [5, 5.41) is 0. The minimum Gasteiger partial charge on any atom is -0.330 e. The second kappa shape index (κ2) is 6.70. The van der Waals surface area contributed by atoms with Crippen LogP contribution < -0.4 is 5.73 Å². The number of hydrogen-bond acceptors (Lipinski definition) is 4. The Hall–Kier alpha value is -0.210. The van der Waals surface area contributed by atoms with E-state index in [1.54, 1.807) is 11.4 Å². The normalized spacial score (nSPS) is 27.5. The highest BCUT2D eigenvalue weighted by atomic mass is 32.2. The highest BCUT2D eigenvalue weighted by molar-refractivity contribution is 7.86. The Morgan fingerprint density at radius 1 is 1.20 bits per heavy atom. The zero-order chi connectivity index (χ0) is 14.8. The van der Waals surface area contributed by atoms with Crippen LogP contribution in [0, 0.1) is 5.92 Å². The summed E-state index contributed by atoms with van der Waals surface area (Å²) in [6.07, 6.45) is 4.02. The zero-order valence-electron chi connectivity index (χ0n) is 12.7. The number of hydrogen-bond donors (Lipinski definition) is 1. The Labute approximate surface area is 123 Å². The third-order valence-corrected chi connectivity index (χ3v) is 6.72. The lowest BCUT2D eigenvalue weighted by atomic mass is 9.99. The van der Waals surface area contributed by atoms with Crippen LogP contribution in [0.5, 0.6) is 0 Å². The van der Waals surface area contributed by atoms with Crippen molar-refractivity contribution in [2.24, 2.45) is 11.7 Å². The minimum absolute atomic E-state index is 0.358. The summed E-state index contributed by atoms with van der Waals surface area (Å²) < 4.78 is 28.3. The van der Waals surface area contributed by atoms with Crippen molar-refractivity contribution in [2.75, 3.05) is 46.8 Å². The lowest BCUT2D eigenvalue weighted by molar-refractivity contribution is 0.240. The molecule has 2 N–H and O–H groups in total. The van der Waals surface area contributed by atoms with Crippen molar-refractivity contribution in [3.8, 4) is 0 Å². The molecule has 0 spiro atoms. The van der Waals surface area contributed by atoms with Crippen LogP contribution >= 0.6 is 0 Å². The van der Waals surface area contributed by atoms with Gasteiger partial charge in [0.2, 0.25) is 0 Å². The molecular formula is C13H28N4O2S. The molecule has 1 atom stereocenters. The number of nitrogens with two attached hydrogens (primary N) is 1. The first-order valence-corrected chi connectivity index (χ1v) is 8.96. The summed E-state index contributed by atoms with van der Waals surface area (Å²) in [6.45, 7) is 3.54. The van der Waals surface area contributed by atoms with E-state index in [1.165, 1.54) is 4.31 Å². The van der Waals surface area contributed by atoms with Gasteiger partial charge < -0.3 is 10.6 Å². The number of likely N-dealkylation sites (tertiary alicyclic amines) is 1. The minimum atomic E-state index is -3.31. The molecule has 0 amide bonds. The molecule has 20 heavy (non-hydrogen) atoms. The molecule has 2 heterocycles. The molecule has 2 aliphatic heterocycles. The van der Waals surface area contributed by atoms with Gasteiger partial charge in [-0.2, -0.15) is 17.0 Å². The molecule has 2 rings (SSSR count). The first kappa shape index (κ1) is 16.2.